The van der Waals surface area contributed by atoms with Gasteiger partial charge in [0.2, 0.25) is 5.95 Å². The average molecular weight is 497 g/mol. The average Bonchev–Trinajstić information content (AvgIpc) is 3.43. The summed E-state index contributed by atoms with van der Waals surface area (Å²) in [4.78, 5) is 31.7. The molecular formula is C23H22F3N9O. The maximum atomic E-state index is 13.3. The number of aryl methyl sites for hydroxylation is 2. The number of pyridine rings is 1. The summed E-state index contributed by atoms with van der Waals surface area (Å²) in [6, 6.07) is 3.96. The van der Waals surface area contributed by atoms with E-state index in [1.54, 1.807) is 41.0 Å². The van der Waals surface area contributed by atoms with Gasteiger partial charge in [-0.25, -0.2) is 15.0 Å². The molecule has 0 fully saturated rings. The van der Waals surface area contributed by atoms with Gasteiger partial charge in [0.15, 0.2) is 5.82 Å². The van der Waals surface area contributed by atoms with Crippen molar-refractivity contribution in [2.24, 2.45) is 7.05 Å². The Morgan fingerprint density at radius 1 is 1.17 bits per heavy atom. The molecule has 1 atom stereocenters. The van der Waals surface area contributed by atoms with E-state index >= 15 is 0 Å². The van der Waals surface area contributed by atoms with E-state index in [1.807, 2.05) is 13.8 Å². The molecule has 0 aromatic carbocycles. The van der Waals surface area contributed by atoms with Crippen LogP contribution < -0.4 is 5.32 Å². The van der Waals surface area contributed by atoms with Crippen molar-refractivity contribution in [3.8, 4) is 11.4 Å². The molecule has 0 radical (unpaired) electrons. The molecule has 4 aromatic rings. The highest BCUT2D eigenvalue weighted by molar-refractivity contribution is 5.92. The molecule has 0 bridgehead atoms. The van der Waals surface area contributed by atoms with Crippen molar-refractivity contribution in [2.75, 3.05) is 5.32 Å². The van der Waals surface area contributed by atoms with Crippen LogP contribution in [0.3, 0.4) is 0 Å². The zero-order valence-corrected chi connectivity index (χ0v) is 19.7. The number of carbonyl (C=O) groups excluding carboxylic acids is 1. The predicted octanol–water partition coefficient (Wildman–Crippen LogP) is 3.58. The minimum Gasteiger partial charge on any atom is -0.327 e. The predicted molar refractivity (Wildman–Crippen MR) is 123 cm³/mol. The van der Waals surface area contributed by atoms with Crippen molar-refractivity contribution in [2.45, 2.75) is 39.2 Å². The van der Waals surface area contributed by atoms with E-state index in [9.17, 15) is 18.0 Å². The fourth-order valence-electron chi connectivity index (χ4n) is 4.08. The summed E-state index contributed by atoms with van der Waals surface area (Å²) in [5.74, 6) is 0.890. The topological polar surface area (TPSA) is 107 Å². The van der Waals surface area contributed by atoms with Gasteiger partial charge in [-0.1, -0.05) is 0 Å². The lowest BCUT2D eigenvalue weighted by Gasteiger charge is -2.33. The zero-order valence-electron chi connectivity index (χ0n) is 19.7. The van der Waals surface area contributed by atoms with E-state index < -0.39 is 11.9 Å². The van der Waals surface area contributed by atoms with Crippen LogP contribution in [0.15, 0.2) is 43.0 Å². The second-order valence-electron chi connectivity index (χ2n) is 8.62. The van der Waals surface area contributed by atoms with E-state index in [4.69, 9.17) is 0 Å². The molecule has 0 saturated heterocycles. The number of halogens is 3. The normalized spacial score (nSPS) is 15.8. The third-order valence-corrected chi connectivity index (χ3v) is 5.96. The maximum Gasteiger partial charge on any atom is 0.433 e. The number of nitrogens with zero attached hydrogens (tertiary/aromatic N) is 8. The van der Waals surface area contributed by atoms with Crippen molar-refractivity contribution >= 4 is 17.7 Å². The van der Waals surface area contributed by atoms with Crippen LogP contribution in [0.4, 0.5) is 24.9 Å². The number of hydrogen-bond donors (Lipinski definition) is 1. The van der Waals surface area contributed by atoms with Crippen molar-refractivity contribution < 1.29 is 18.0 Å². The highest BCUT2D eigenvalue weighted by Crippen LogP contribution is 2.30. The van der Waals surface area contributed by atoms with Gasteiger partial charge in [-0.2, -0.15) is 18.3 Å². The third kappa shape index (κ3) is 4.39. The summed E-state index contributed by atoms with van der Waals surface area (Å²) in [5, 5.41) is 7.21. The molecule has 13 heteroatoms. The molecular weight excluding hydrogens is 475 g/mol. The first-order valence-corrected chi connectivity index (χ1v) is 11.1. The molecule has 1 amide bonds. The summed E-state index contributed by atoms with van der Waals surface area (Å²) in [6.45, 7) is 4.15. The molecule has 4 aromatic heterocycles. The van der Waals surface area contributed by atoms with Crippen molar-refractivity contribution in [3.05, 3.63) is 65.6 Å². The molecule has 5 rings (SSSR count). The number of imidazole rings is 1. The monoisotopic (exact) mass is 497 g/mol. The van der Waals surface area contributed by atoms with E-state index in [0.29, 0.717) is 35.3 Å². The Morgan fingerprint density at radius 3 is 2.69 bits per heavy atom. The molecule has 5 heterocycles. The van der Waals surface area contributed by atoms with Crippen LogP contribution in [0.1, 0.15) is 34.4 Å². The molecule has 0 spiro atoms. The van der Waals surface area contributed by atoms with Crippen LogP contribution in [0.2, 0.25) is 0 Å². The van der Waals surface area contributed by atoms with Gasteiger partial charge in [-0.15, -0.1) is 0 Å². The standard InChI is InChI=1S/C23H22F3N9O/c1-13-9-28-22(31-18-5-7-29-33(18)3)32-19(13)16-12-34-10-14(2)35(21(36)20(34)30-16)11-15-4-6-27-17(8-15)23(24,25)26/h4-9,12,14H,10-11H2,1-3H3,(H,28,31,32). The van der Waals surface area contributed by atoms with Gasteiger partial charge in [0.1, 0.15) is 17.2 Å². The third-order valence-electron chi connectivity index (χ3n) is 5.96. The van der Waals surface area contributed by atoms with Gasteiger partial charge in [-0.05, 0) is 37.1 Å². The van der Waals surface area contributed by atoms with E-state index in [-0.39, 0.29) is 24.3 Å². The Balaban J connectivity index is 1.42. The van der Waals surface area contributed by atoms with E-state index in [0.717, 1.165) is 17.8 Å². The Bertz CT molecular complexity index is 1440. The fraction of sp³-hybridized carbons (Fsp3) is 0.304. The SMILES string of the molecule is Cc1cnc(Nc2ccnn2C)nc1-c1cn2c(n1)C(=O)N(Cc1ccnc(C(F)(F)F)c1)C(C)C2. The molecule has 1 N–H and O–H groups in total. The lowest BCUT2D eigenvalue weighted by Crippen LogP contribution is -2.46. The zero-order chi connectivity index (χ0) is 25.6. The smallest absolute Gasteiger partial charge is 0.327 e. The van der Waals surface area contributed by atoms with E-state index in [2.05, 4.69) is 30.4 Å². The molecule has 0 saturated carbocycles. The minimum atomic E-state index is -4.56. The highest BCUT2D eigenvalue weighted by Gasteiger charge is 2.35. The molecule has 36 heavy (non-hydrogen) atoms. The Hall–Kier alpha value is -4.29. The molecule has 1 unspecified atom stereocenters. The van der Waals surface area contributed by atoms with Crippen LogP contribution in [-0.4, -0.2) is 51.1 Å². The largest absolute Gasteiger partial charge is 0.433 e. The van der Waals surface area contributed by atoms with Gasteiger partial charge in [0.25, 0.3) is 5.91 Å². The molecule has 10 nitrogen and oxygen atoms in total. The quantitative estimate of drug-likeness (QED) is 0.449. The van der Waals surface area contributed by atoms with Crippen molar-refractivity contribution in [1.29, 1.82) is 0 Å². The van der Waals surface area contributed by atoms with Crippen LogP contribution in [0.5, 0.6) is 0 Å². The number of nitrogens with one attached hydrogen (secondary N) is 1. The second kappa shape index (κ2) is 8.73. The first kappa shape index (κ1) is 23.5. The molecule has 1 aliphatic heterocycles. The van der Waals surface area contributed by atoms with E-state index in [1.165, 1.54) is 11.0 Å². The lowest BCUT2D eigenvalue weighted by molar-refractivity contribution is -0.141. The maximum absolute atomic E-state index is 13.3. The minimum absolute atomic E-state index is 0.0130. The number of amides is 1. The summed E-state index contributed by atoms with van der Waals surface area (Å²) >= 11 is 0. The number of hydrogen-bond acceptors (Lipinski definition) is 7. The van der Waals surface area contributed by atoms with Crippen LogP contribution >= 0.6 is 0 Å². The van der Waals surface area contributed by atoms with Crippen LogP contribution in [0, 0.1) is 6.92 Å². The number of rotatable bonds is 5. The first-order chi connectivity index (χ1) is 17.1. The number of aromatic nitrogens is 7. The summed E-state index contributed by atoms with van der Waals surface area (Å²) < 4.78 is 42.6. The Morgan fingerprint density at radius 2 is 1.97 bits per heavy atom. The molecule has 1 aliphatic rings. The Kier molecular flexibility index (Phi) is 5.69. The van der Waals surface area contributed by atoms with Gasteiger partial charge in [-0.3, -0.25) is 14.5 Å². The lowest BCUT2D eigenvalue weighted by atomic mass is 10.1. The number of anilines is 2. The summed E-state index contributed by atoms with van der Waals surface area (Å²) in [5.41, 5.74) is 1.19. The fourth-order valence-corrected chi connectivity index (χ4v) is 4.08. The van der Waals surface area contributed by atoms with Crippen molar-refractivity contribution in [1.82, 2.24) is 39.2 Å². The Labute approximate surface area is 203 Å². The number of alkyl halides is 3. The molecule has 186 valence electrons. The van der Waals surface area contributed by atoms with Gasteiger partial charge < -0.3 is 14.8 Å². The first-order valence-electron chi connectivity index (χ1n) is 11.1. The van der Waals surface area contributed by atoms with Crippen molar-refractivity contribution in [3.63, 3.8) is 0 Å². The van der Waals surface area contributed by atoms with Gasteiger partial charge in [0.05, 0.1) is 11.9 Å². The summed E-state index contributed by atoms with van der Waals surface area (Å²) in [7, 11) is 1.79. The van der Waals surface area contributed by atoms with Gasteiger partial charge >= 0.3 is 6.18 Å². The number of fused-ring (bicyclic) bond motifs is 1. The number of carbonyl (C=O) groups is 1. The summed E-state index contributed by atoms with van der Waals surface area (Å²) in [6.07, 6.45) is 1.62. The molecule has 0 aliphatic carbocycles. The van der Waals surface area contributed by atoms with Crippen LogP contribution in [0.25, 0.3) is 11.4 Å². The highest BCUT2D eigenvalue weighted by atomic mass is 19.4. The van der Waals surface area contributed by atoms with Crippen LogP contribution in [-0.2, 0) is 26.3 Å². The second-order valence-corrected chi connectivity index (χ2v) is 8.62. The van der Waals surface area contributed by atoms with Gasteiger partial charge in [0, 0.05) is 50.8 Å².